The Balaban J connectivity index is 2.58. The summed E-state index contributed by atoms with van der Waals surface area (Å²) in [6.45, 7) is 0.421. The van der Waals surface area contributed by atoms with Gasteiger partial charge in [0.1, 0.15) is 6.04 Å². The van der Waals surface area contributed by atoms with E-state index < -0.39 is 29.8 Å². The molecule has 0 aliphatic carbocycles. The molecule has 1 aromatic rings. The van der Waals surface area contributed by atoms with Crippen LogP contribution in [0.2, 0.25) is 0 Å². The number of hydrogen-bond acceptors (Lipinski definition) is 3. The second-order valence-corrected chi connectivity index (χ2v) is 4.85. The number of amides is 2. The van der Waals surface area contributed by atoms with Gasteiger partial charge in [0, 0.05) is 5.69 Å². The van der Waals surface area contributed by atoms with E-state index in [1.807, 2.05) is 0 Å². The molecule has 2 amide bonds. The van der Waals surface area contributed by atoms with E-state index >= 15 is 0 Å². The lowest BCUT2D eigenvalue weighted by atomic mass is 10.1. The highest BCUT2D eigenvalue weighted by atomic mass is 19.4. The SMILES string of the molecule is NCCCCC(NC(=O)Nc1ccc(C(F)(F)F)cc1)C(=O)O. The third kappa shape index (κ3) is 6.55. The van der Waals surface area contributed by atoms with Crippen molar-refractivity contribution in [1.82, 2.24) is 5.32 Å². The van der Waals surface area contributed by atoms with E-state index in [-0.39, 0.29) is 12.1 Å². The van der Waals surface area contributed by atoms with E-state index in [4.69, 9.17) is 10.8 Å². The predicted octanol–water partition coefficient (Wildman–Crippen LogP) is 2.41. The number of unbranched alkanes of at least 4 members (excludes halogenated alkanes) is 1. The van der Waals surface area contributed by atoms with E-state index in [0.717, 1.165) is 24.3 Å². The zero-order valence-electron chi connectivity index (χ0n) is 12.2. The molecule has 1 aromatic carbocycles. The van der Waals surface area contributed by atoms with Gasteiger partial charge in [-0.25, -0.2) is 9.59 Å². The highest BCUT2D eigenvalue weighted by molar-refractivity contribution is 5.92. The minimum absolute atomic E-state index is 0.126. The molecule has 1 rings (SSSR count). The molecule has 0 saturated carbocycles. The number of halogens is 3. The van der Waals surface area contributed by atoms with E-state index in [0.29, 0.717) is 19.4 Å². The number of carboxylic acids is 1. The molecule has 0 aliphatic heterocycles. The number of benzene rings is 1. The lowest BCUT2D eigenvalue weighted by Crippen LogP contribution is -2.43. The maximum Gasteiger partial charge on any atom is 0.416 e. The Morgan fingerprint density at radius 3 is 2.26 bits per heavy atom. The standard InChI is InChI=1S/C14H18F3N3O3/c15-14(16,17)9-4-6-10(7-5-9)19-13(23)20-11(12(21)22)3-1-2-8-18/h4-7,11H,1-3,8,18H2,(H,21,22)(H2,19,20,23). The van der Waals surface area contributed by atoms with Gasteiger partial charge in [0.2, 0.25) is 0 Å². The van der Waals surface area contributed by atoms with E-state index in [1.165, 1.54) is 0 Å². The summed E-state index contributed by atoms with van der Waals surface area (Å²) in [7, 11) is 0. The third-order valence-corrected chi connectivity index (χ3v) is 3.02. The number of nitrogens with two attached hydrogens (primary N) is 1. The quantitative estimate of drug-likeness (QED) is 0.575. The number of carbonyl (C=O) groups is 2. The Labute approximate surface area is 130 Å². The zero-order chi connectivity index (χ0) is 17.5. The minimum atomic E-state index is -4.46. The van der Waals surface area contributed by atoms with Gasteiger partial charge in [0.25, 0.3) is 0 Å². The van der Waals surface area contributed by atoms with Gasteiger partial charge >= 0.3 is 18.2 Å². The molecule has 0 radical (unpaired) electrons. The van der Waals surface area contributed by atoms with Gasteiger partial charge in [-0.15, -0.1) is 0 Å². The maximum absolute atomic E-state index is 12.4. The molecule has 1 unspecified atom stereocenters. The van der Waals surface area contributed by atoms with Gasteiger partial charge in [-0.2, -0.15) is 13.2 Å². The van der Waals surface area contributed by atoms with Crippen LogP contribution in [0.15, 0.2) is 24.3 Å². The van der Waals surface area contributed by atoms with Gasteiger partial charge in [-0.05, 0) is 50.1 Å². The van der Waals surface area contributed by atoms with Gasteiger partial charge in [0.05, 0.1) is 5.56 Å². The van der Waals surface area contributed by atoms with Crippen LogP contribution in [0.4, 0.5) is 23.7 Å². The second-order valence-electron chi connectivity index (χ2n) is 4.85. The van der Waals surface area contributed by atoms with Crippen LogP contribution in [0.25, 0.3) is 0 Å². The van der Waals surface area contributed by atoms with Crippen molar-refractivity contribution in [2.24, 2.45) is 5.73 Å². The molecule has 1 atom stereocenters. The van der Waals surface area contributed by atoms with E-state index in [9.17, 15) is 22.8 Å². The zero-order valence-corrected chi connectivity index (χ0v) is 12.2. The smallest absolute Gasteiger partial charge is 0.416 e. The molecule has 0 bridgehead atoms. The average Bonchev–Trinajstić information content (AvgIpc) is 2.45. The normalized spacial score (nSPS) is 12.5. The average molecular weight is 333 g/mol. The topological polar surface area (TPSA) is 104 Å². The summed E-state index contributed by atoms with van der Waals surface area (Å²) >= 11 is 0. The number of urea groups is 1. The summed E-state index contributed by atoms with van der Waals surface area (Å²) in [6, 6.07) is 1.94. The number of rotatable bonds is 7. The molecule has 6 nitrogen and oxygen atoms in total. The number of alkyl halides is 3. The fourth-order valence-electron chi connectivity index (χ4n) is 1.82. The Morgan fingerprint density at radius 2 is 1.78 bits per heavy atom. The van der Waals surface area contributed by atoms with E-state index in [1.54, 1.807) is 0 Å². The minimum Gasteiger partial charge on any atom is -0.480 e. The Kier molecular flexibility index (Phi) is 6.83. The second kappa shape index (κ2) is 8.37. The number of anilines is 1. The van der Waals surface area contributed by atoms with Crippen molar-refractivity contribution < 1.29 is 27.9 Å². The number of aliphatic carboxylic acids is 1. The summed E-state index contributed by atoms with van der Waals surface area (Å²) in [5, 5.41) is 13.6. The van der Waals surface area contributed by atoms with Crippen LogP contribution in [-0.4, -0.2) is 29.7 Å². The molecule has 23 heavy (non-hydrogen) atoms. The summed E-state index contributed by atoms with van der Waals surface area (Å²) in [5.74, 6) is -1.19. The van der Waals surface area contributed by atoms with Crippen LogP contribution < -0.4 is 16.4 Å². The first-order valence-electron chi connectivity index (χ1n) is 6.91. The summed E-state index contributed by atoms with van der Waals surface area (Å²) in [5.41, 5.74) is 4.60. The summed E-state index contributed by atoms with van der Waals surface area (Å²) in [4.78, 5) is 22.7. The van der Waals surface area contributed by atoms with Crippen LogP contribution in [0, 0.1) is 0 Å². The molecule has 0 heterocycles. The first kappa shape index (κ1) is 18.8. The molecule has 0 fully saturated rings. The van der Waals surface area contributed by atoms with Crippen molar-refractivity contribution >= 4 is 17.7 Å². The number of carbonyl (C=O) groups excluding carboxylic acids is 1. The third-order valence-electron chi connectivity index (χ3n) is 3.02. The molecular formula is C14H18F3N3O3. The first-order chi connectivity index (χ1) is 10.7. The molecule has 0 aromatic heterocycles. The van der Waals surface area contributed by atoms with Gasteiger partial charge < -0.3 is 21.5 Å². The molecule has 0 aliphatic rings. The fraction of sp³-hybridized carbons (Fsp3) is 0.429. The van der Waals surface area contributed by atoms with Crippen molar-refractivity contribution in [1.29, 1.82) is 0 Å². The van der Waals surface area contributed by atoms with Gasteiger partial charge in [0.15, 0.2) is 0 Å². The predicted molar refractivity (Wildman–Crippen MR) is 77.9 cm³/mol. The highest BCUT2D eigenvalue weighted by Crippen LogP contribution is 2.29. The lowest BCUT2D eigenvalue weighted by molar-refractivity contribution is -0.139. The van der Waals surface area contributed by atoms with E-state index in [2.05, 4.69) is 10.6 Å². The largest absolute Gasteiger partial charge is 0.480 e. The fourth-order valence-corrected chi connectivity index (χ4v) is 1.82. The molecular weight excluding hydrogens is 315 g/mol. The molecule has 128 valence electrons. The molecule has 9 heteroatoms. The number of nitrogens with one attached hydrogen (secondary N) is 2. The van der Waals surface area contributed by atoms with Crippen LogP contribution in [0.1, 0.15) is 24.8 Å². The number of hydrogen-bond donors (Lipinski definition) is 4. The van der Waals surface area contributed by atoms with Crippen molar-refractivity contribution in [2.45, 2.75) is 31.5 Å². The van der Waals surface area contributed by atoms with Gasteiger partial charge in [-0.1, -0.05) is 0 Å². The van der Waals surface area contributed by atoms with Crippen molar-refractivity contribution in [2.75, 3.05) is 11.9 Å². The van der Waals surface area contributed by atoms with Crippen LogP contribution in [-0.2, 0) is 11.0 Å². The number of carboxylic acid groups (broad SMARTS) is 1. The lowest BCUT2D eigenvalue weighted by Gasteiger charge is -2.15. The first-order valence-corrected chi connectivity index (χ1v) is 6.91. The van der Waals surface area contributed by atoms with Crippen molar-refractivity contribution in [3.05, 3.63) is 29.8 Å². The molecule has 0 spiro atoms. The highest BCUT2D eigenvalue weighted by Gasteiger charge is 2.30. The molecule has 0 saturated heterocycles. The van der Waals surface area contributed by atoms with Crippen LogP contribution in [0.5, 0.6) is 0 Å². The van der Waals surface area contributed by atoms with Gasteiger partial charge in [-0.3, -0.25) is 0 Å². The monoisotopic (exact) mass is 333 g/mol. The van der Waals surface area contributed by atoms with Crippen LogP contribution in [0.3, 0.4) is 0 Å². The van der Waals surface area contributed by atoms with Crippen LogP contribution >= 0.6 is 0 Å². The maximum atomic E-state index is 12.4. The summed E-state index contributed by atoms with van der Waals surface area (Å²) < 4.78 is 37.3. The Morgan fingerprint density at radius 1 is 1.17 bits per heavy atom. The Bertz CT molecular complexity index is 532. The van der Waals surface area contributed by atoms with Crippen molar-refractivity contribution in [3.8, 4) is 0 Å². The van der Waals surface area contributed by atoms with Crippen molar-refractivity contribution in [3.63, 3.8) is 0 Å². The molecule has 5 N–H and O–H groups in total. The summed E-state index contributed by atoms with van der Waals surface area (Å²) in [6.07, 6.45) is -3.08. The Hall–Kier alpha value is -2.29.